The van der Waals surface area contributed by atoms with Gasteiger partial charge in [0.2, 0.25) is 5.88 Å². The Morgan fingerprint density at radius 2 is 1.52 bits per heavy atom. The highest BCUT2D eigenvalue weighted by Gasteiger charge is 2.08. The molecule has 3 rings (SSSR count). The summed E-state index contributed by atoms with van der Waals surface area (Å²) in [6.07, 6.45) is 0.588. The van der Waals surface area contributed by atoms with Crippen LogP contribution in [-0.4, -0.2) is 35.9 Å². The number of hydrogen-bond donors (Lipinski definition) is 1. The monoisotopic (exact) mass is 363 g/mol. The highest BCUT2D eigenvalue weighted by molar-refractivity contribution is 5.71. The second-order valence-corrected chi connectivity index (χ2v) is 5.96. The maximum Gasteiger partial charge on any atom is 0.329 e. The van der Waals surface area contributed by atoms with E-state index in [-0.39, 0.29) is 6.61 Å². The van der Waals surface area contributed by atoms with Crippen LogP contribution in [0.15, 0.2) is 72.8 Å². The van der Waals surface area contributed by atoms with Gasteiger partial charge in [0, 0.05) is 18.1 Å². The Morgan fingerprint density at radius 1 is 0.852 bits per heavy atom. The summed E-state index contributed by atoms with van der Waals surface area (Å²) in [6.45, 7) is 0.440. The van der Waals surface area contributed by atoms with Gasteiger partial charge < -0.3 is 14.6 Å². The van der Waals surface area contributed by atoms with Crippen LogP contribution in [0.2, 0.25) is 0 Å². The van der Waals surface area contributed by atoms with E-state index in [0.717, 1.165) is 22.4 Å². The molecule has 27 heavy (non-hydrogen) atoms. The first-order chi connectivity index (χ1) is 13.2. The predicted octanol–water partition coefficient (Wildman–Crippen LogP) is 4.29. The molecule has 3 aromatic rings. The number of carbonyl (C=O) groups is 1. The topological polar surface area (TPSA) is 68.7 Å². The van der Waals surface area contributed by atoms with Crippen molar-refractivity contribution in [2.75, 3.05) is 19.8 Å². The first-order valence-electron chi connectivity index (χ1n) is 8.77. The lowest BCUT2D eigenvalue weighted by Crippen LogP contribution is -2.10. The average Bonchev–Trinajstić information content (AvgIpc) is 2.71. The highest BCUT2D eigenvalue weighted by atomic mass is 16.5. The zero-order valence-electron chi connectivity index (χ0n) is 14.9. The van der Waals surface area contributed by atoms with Gasteiger partial charge in [0.15, 0.2) is 0 Å². The van der Waals surface area contributed by atoms with E-state index in [1.54, 1.807) is 0 Å². The van der Waals surface area contributed by atoms with Crippen molar-refractivity contribution in [2.24, 2.45) is 0 Å². The highest BCUT2D eigenvalue weighted by Crippen LogP contribution is 2.28. The number of aromatic nitrogens is 1. The maximum absolute atomic E-state index is 10.4. The predicted molar refractivity (Wildman–Crippen MR) is 104 cm³/mol. The summed E-state index contributed by atoms with van der Waals surface area (Å²) in [7, 11) is 0. The Balaban J connectivity index is 1.75. The van der Waals surface area contributed by atoms with Gasteiger partial charge in [-0.3, -0.25) is 0 Å². The third-order valence-corrected chi connectivity index (χ3v) is 3.89. The number of ether oxygens (including phenoxy) is 2. The van der Waals surface area contributed by atoms with Gasteiger partial charge in [-0.15, -0.1) is 0 Å². The Kier molecular flexibility index (Phi) is 6.55. The fourth-order valence-electron chi connectivity index (χ4n) is 2.63. The van der Waals surface area contributed by atoms with Gasteiger partial charge in [-0.05, 0) is 17.2 Å². The zero-order valence-corrected chi connectivity index (χ0v) is 14.9. The molecule has 1 N–H and O–H groups in total. The van der Waals surface area contributed by atoms with E-state index < -0.39 is 5.97 Å². The minimum atomic E-state index is -0.972. The van der Waals surface area contributed by atoms with Crippen LogP contribution in [0, 0.1) is 0 Å². The van der Waals surface area contributed by atoms with Crippen molar-refractivity contribution in [2.45, 2.75) is 6.42 Å². The lowest BCUT2D eigenvalue weighted by molar-refractivity contribution is -0.142. The van der Waals surface area contributed by atoms with E-state index in [1.165, 1.54) is 0 Å². The van der Waals surface area contributed by atoms with Gasteiger partial charge in [-0.1, -0.05) is 60.7 Å². The molecule has 0 fully saturated rings. The van der Waals surface area contributed by atoms with Crippen molar-refractivity contribution in [3.05, 3.63) is 72.8 Å². The summed E-state index contributed by atoms with van der Waals surface area (Å²) < 4.78 is 10.8. The summed E-state index contributed by atoms with van der Waals surface area (Å²) in [5.41, 5.74) is 3.98. The second kappa shape index (κ2) is 9.50. The molecule has 0 radical (unpaired) electrons. The molecule has 0 saturated heterocycles. The van der Waals surface area contributed by atoms with Gasteiger partial charge in [0.05, 0.1) is 18.9 Å². The minimum Gasteiger partial charge on any atom is -0.480 e. The molecule has 0 aliphatic heterocycles. The van der Waals surface area contributed by atoms with Gasteiger partial charge in [-0.2, -0.15) is 0 Å². The molecule has 5 heteroatoms. The third-order valence-electron chi connectivity index (χ3n) is 3.89. The number of rotatable bonds is 9. The normalized spacial score (nSPS) is 10.5. The number of carboxylic acids is 1. The van der Waals surface area contributed by atoms with Gasteiger partial charge >= 0.3 is 5.97 Å². The molecule has 5 nitrogen and oxygen atoms in total. The number of carboxylic acid groups (broad SMARTS) is 1. The van der Waals surface area contributed by atoms with E-state index in [4.69, 9.17) is 14.6 Å². The summed E-state index contributed by atoms with van der Waals surface area (Å²) in [6, 6.07) is 24.0. The van der Waals surface area contributed by atoms with Crippen molar-refractivity contribution in [1.29, 1.82) is 0 Å². The summed E-state index contributed by atoms with van der Waals surface area (Å²) in [5.74, 6) is -0.436. The van der Waals surface area contributed by atoms with E-state index in [9.17, 15) is 4.79 Å². The SMILES string of the molecule is O=C(O)COCCCOc1cc(-c2ccccc2)cc(-c2ccccc2)n1. The van der Waals surface area contributed by atoms with Gasteiger partial charge in [0.1, 0.15) is 6.61 Å². The van der Waals surface area contributed by atoms with Crippen LogP contribution < -0.4 is 4.74 Å². The quantitative estimate of drug-likeness (QED) is 0.575. The van der Waals surface area contributed by atoms with Gasteiger partial charge in [0.25, 0.3) is 0 Å². The molecule has 1 aromatic heterocycles. The molecule has 138 valence electrons. The fourth-order valence-corrected chi connectivity index (χ4v) is 2.63. The van der Waals surface area contributed by atoms with Crippen molar-refractivity contribution in [1.82, 2.24) is 4.98 Å². The molecule has 0 bridgehead atoms. The lowest BCUT2D eigenvalue weighted by Gasteiger charge is -2.11. The van der Waals surface area contributed by atoms with Crippen molar-refractivity contribution < 1.29 is 19.4 Å². The summed E-state index contributed by atoms with van der Waals surface area (Å²) >= 11 is 0. The van der Waals surface area contributed by atoms with E-state index in [0.29, 0.717) is 25.5 Å². The largest absolute Gasteiger partial charge is 0.480 e. The first kappa shape index (κ1) is 18.6. The molecule has 2 aromatic carbocycles. The number of aliphatic carboxylic acids is 1. The molecule has 0 spiro atoms. The summed E-state index contributed by atoms with van der Waals surface area (Å²) in [4.78, 5) is 15.0. The summed E-state index contributed by atoms with van der Waals surface area (Å²) in [5, 5.41) is 8.56. The van der Waals surface area contributed by atoms with Crippen LogP contribution >= 0.6 is 0 Å². The van der Waals surface area contributed by atoms with Crippen molar-refractivity contribution in [3.63, 3.8) is 0 Å². The standard InChI is InChI=1S/C22H21NO4/c24-22(25)16-26-12-7-13-27-21-15-19(17-8-3-1-4-9-17)14-20(23-21)18-10-5-2-6-11-18/h1-6,8-11,14-15H,7,12-13,16H2,(H,24,25). The smallest absolute Gasteiger partial charge is 0.329 e. The van der Waals surface area contributed by atoms with Crippen LogP contribution in [0.3, 0.4) is 0 Å². The van der Waals surface area contributed by atoms with Crippen LogP contribution in [0.1, 0.15) is 6.42 Å². The molecular formula is C22H21NO4. The lowest BCUT2D eigenvalue weighted by atomic mass is 10.0. The van der Waals surface area contributed by atoms with Crippen molar-refractivity contribution in [3.8, 4) is 28.3 Å². The van der Waals surface area contributed by atoms with Gasteiger partial charge in [-0.25, -0.2) is 9.78 Å². The van der Waals surface area contributed by atoms with E-state index in [2.05, 4.69) is 4.98 Å². The second-order valence-electron chi connectivity index (χ2n) is 5.96. The van der Waals surface area contributed by atoms with E-state index >= 15 is 0 Å². The minimum absolute atomic E-state index is 0.292. The number of hydrogen-bond acceptors (Lipinski definition) is 4. The molecule has 0 saturated carbocycles. The number of nitrogens with zero attached hydrogens (tertiary/aromatic N) is 1. The molecule has 0 atom stereocenters. The van der Waals surface area contributed by atoms with Crippen molar-refractivity contribution >= 4 is 5.97 Å². The molecule has 0 aliphatic carbocycles. The molecular weight excluding hydrogens is 342 g/mol. The fraction of sp³-hybridized carbons (Fsp3) is 0.182. The average molecular weight is 363 g/mol. The molecule has 1 heterocycles. The first-order valence-corrected chi connectivity index (χ1v) is 8.77. The number of benzene rings is 2. The van der Waals surface area contributed by atoms with Crippen LogP contribution in [0.5, 0.6) is 5.88 Å². The van der Waals surface area contributed by atoms with Crippen LogP contribution in [-0.2, 0) is 9.53 Å². The molecule has 0 aliphatic rings. The van der Waals surface area contributed by atoms with Crippen LogP contribution in [0.25, 0.3) is 22.4 Å². The third kappa shape index (κ3) is 5.66. The maximum atomic E-state index is 10.4. The molecule has 0 amide bonds. The number of pyridine rings is 1. The Hall–Kier alpha value is -3.18. The van der Waals surface area contributed by atoms with E-state index in [1.807, 2.05) is 72.8 Å². The van der Waals surface area contributed by atoms with Crippen LogP contribution in [0.4, 0.5) is 0 Å². The Labute approximate surface area is 158 Å². The zero-order chi connectivity index (χ0) is 18.9. The Bertz CT molecular complexity index is 808. The molecule has 0 unspecified atom stereocenters. The Morgan fingerprint density at radius 3 is 2.19 bits per heavy atom.